The molecule has 22 heavy (non-hydrogen) atoms. The first-order valence-corrected chi connectivity index (χ1v) is 7.18. The summed E-state index contributed by atoms with van der Waals surface area (Å²) < 4.78 is 7.62. The number of hydrogen-bond acceptors (Lipinski definition) is 4. The summed E-state index contributed by atoms with van der Waals surface area (Å²) in [6.07, 6.45) is 3.23. The van der Waals surface area contributed by atoms with Gasteiger partial charge in [-0.2, -0.15) is 0 Å². The van der Waals surface area contributed by atoms with Gasteiger partial charge in [0.2, 0.25) is 0 Å². The van der Waals surface area contributed by atoms with Gasteiger partial charge >= 0.3 is 0 Å². The van der Waals surface area contributed by atoms with E-state index in [1.165, 1.54) is 0 Å². The van der Waals surface area contributed by atoms with E-state index in [2.05, 4.69) is 15.5 Å². The Morgan fingerprint density at radius 1 is 1.18 bits per heavy atom. The number of aromatic nitrogens is 3. The molecule has 0 spiro atoms. The van der Waals surface area contributed by atoms with Crippen molar-refractivity contribution in [2.24, 2.45) is 0 Å². The number of rotatable bonds is 4. The number of furan rings is 1. The van der Waals surface area contributed by atoms with Gasteiger partial charge in [-0.1, -0.05) is 12.1 Å². The summed E-state index contributed by atoms with van der Waals surface area (Å²) in [5, 5.41) is 11.3. The second-order valence-corrected chi connectivity index (χ2v) is 5.42. The Labute approximate surface area is 128 Å². The lowest BCUT2D eigenvalue weighted by Gasteiger charge is -2.04. The summed E-state index contributed by atoms with van der Waals surface area (Å²) in [5.74, 6) is 0.191. The van der Waals surface area contributed by atoms with E-state index >= 15 is 0 Å². The van der Waals surface area contributed by atoms with Crippen LogP contribution >= 0.6 is 0 Å². The molecule has 6 nitrogen and oxygen atoms in total. The van der Waals surface area contributed by atoms with E-state index in [1.807, 2.05) is 32.9 Å². The molecule has 1 amide bonds. The predicted molar refractivity (Wildman–Crippen MR) is 82.8 cm³/mol. The minimum atomic E-state index is -0.194. The Kier molecular flexibility index (Phi) is 3.66. The van der Waals surface area contributed by atoms with Crippen LogP contribution in [0.1, 0.15) is 27.2 Å². The molecule has 3 aromatic rings. The van der Waals surface area contributed by atoms with Crippen molar-refractivity contribution in [1.29, 1.82) is 0 Å². The minimum Gasteiger partial charge on any atom is -0.450 e. The predicted octanol–water partition coefficient (Wildman–Crippen LogP) is 2.38. The summed E-state index contributed by atoms with van der Waals surface area (Å²) in [5.41, 5.74) is 3.83. The lowest BCUT2D eigenvalue weighted by Crippen LogP contribution is -2.27. The molecule has 1 N–H and O–H groups in total. The molecule has 0 unspecified atom stereocenters. The maximum absolute atomic E-state index is 12.3. The second-order valence-electron chi connectivity index (χ2n) is 5.42. The van der Waals surface area contributed by atoms with E-state index in [9.17, 15) is 4.79 Å². The molecule has 1 aromatic carbocycles. The monoisotopic (exact) mass is 298 g/mol. The van der Waals surface area contributed by atoms with Gasteiger partial charge in [-0.3, -0.25) is 4.79 Å². The fourth-order valence-corrected chi connectivity index (χ4v) is 2.61. The van der Waals surface area contributed by atoms with E-state index in [1.54, 1.807) is 17.2 Å². The van der Waals surface area contributed by atoms with Crippen LogP contribution in [0.2, 0.25) is 0 Å². The van der Waals surface area contributed by atoms with Gasteiger partial charge in [0.15, 0.2) is 5.76 Å². The summed E-state index contributed by atoms with van der Waals surface area (Å²) in [6.45, 7) is 7.05. The van der Waals surface area contributed by atoms with Crippen molar-refractivity contribution < 1.29 is 9.21 Å². The molecular formula is C16H18N4O2. The molecule has 0 saturated heterocycles. The number of aryl methyl sites for hydroxylation is 3. The third-order valence-corrected chi connectivity index (χ3v) is 3.81. The van der Waals surface area contributed by atoms with Crippen molar-refractivity contribution in [2.45, 2.75) is 27.3 Å². The smallest absolute Gasteiger partial charge is 0.287 e. The second kappa shape index (κ2) is 5.63. The number of nitrogens with one attached hydrogen (secondary N) is 1. The first-order chi connectivity index (χ1) is 10.6. The zero-order chi connectivity index (χ0) is 15.7. The molecule has 0 aliphatic rings. The van der Waals surface area contributed by atoms with Gasteiger partial charge in [0.25, 0.3) is 5.91 Å². The fourth-order valence-electron chi connectivity index (χ4n) is 2.61. The topological polar surface area (TPSA) is 73.0 Å². The normalized spacial score (nSPS) is 11.0. The number of benzene rings is 1. The van der Waals surface area contributed by atoms with Crippen LogP contribution < -0.4 is 5.32 Å². The zero-order valence-electron chi connectivity index (χ0n) is 12.9. The molecule has 0 bridgehead atoms. The number of fused-ring (bicyclic) bond motifs is 1. The zero-order valence-corrected chi connectivity index (χ0v) is 12.9. The number of hydrogen-bond donors (Lipinski definition) is 1. The molecule has 6 heteroatoms. The highest BCUT2D eigenvalue weighted by Crippen LogP contribution is 2.30. The van der Waals surface area contributed by atoms with Crippen molar-refractivity contribution in [2.75, 3.05) is 6.54 Å². The Balaban J connectivity index is 1.80. The van der Waals surface area contributed by atoms with Crippen LogP contribution in [0.15, 0.2) is 29.2 Å². The Morgan fingerprint density at radius 3 is 2.55 bits per heavy atom. The Bertz CT molecular complexity index is 818. The van der Waals surface area contributed by atoms with E-state index in [-0.39, 0.29) is 5.91 Å². The van der Waals surface area contributed by atoms with Gasteiger partial charge in [0.05, 0.1) is 0 Å². The van der Waals surface area contributed by atoms with Crippen molar-refractivity contribution in [3.63, 3.8) is 0 Å². The summed E-state index contributed by atoms with van der Waals surface area (Å²) in [6, 6.07) is 4.06. The summed E-state index contributed by atoms with van der Waals surface area (Å²) in [7, 11) is 0. The third-order valence-electron chi connectivity index (χ3n) is 3.81. The van der Waals surface area contributed by atoms with Gasteiger partial charge in [-0.25, -0.2) is 0 Å². The van der Waals surface area contributed by atoms with Gasteiger partial charge in [-0.05, 0) is 31.9 Å². The molecular weight excluding hydrogens is 280 g/mol. The number of nitrogens with zero attached hydrogens (tertiary/aromatic N) is 3. The van der Waals surface area contributed by atoms with Gasteiger partial charge < -0.3 is 14.3 Å². The third kappa shape index (κ3) is 2.47. The SMILES string of the molecule is Cc1ccc(C)c2c(C)c(C(=O)NCCn3cnnc3)oc12. The molecule has 0 aliphatic carbocycles. The van der Waals surface area contributed by atoms with Crippen LogP contribution in [0, 0.1) is 20.8 Å². The highest BCUT2D eigenvalue weighted by atomic mass is 16.3. The molecule has 114 valence electrons. The van der Waals surface area contributed by atoms with E-state index in [0.717, 1.165) is 27.7 Å². The molecule has 0 saturated carbocycles. The highest BCUT2D eigenvalue weighted by Gasteiger charge is 2.19. The standard InChI is InChI=1S/C16H18N4O2/c1-10-4-5-11(2)14-13(10)12(3)15(22-14)16(21)17-6-7-20-8-18-19-9-20/h4-5,8-9H,6-7H2,1-3H3,(H,17,21). The molecule has 2 aromatic heterocycles. The molecule has 2 heterocycles. The van der Waals surface area contributed by atoms with Crippen molar-refractivity contribution in [3.8, 4) is 0 Å². The van der Waals surface area contributed by atoms with E-state index < -0.39 is 0 Å². The average Bonchev–Trinajstić information content (AvgIpc) is 3.11. The quantitative estimate of drug-likeness (QED) is 0.802. The average molecular weight is 298 g/mol. The molecule has 0 aliphatic heterocycles. The number of carbonyl (C=O) groups excluding carboxylic acids is 1. The summed E-state index contributed by atoms with van der Waals surface area (Å²) in [4.78, 5) is 12.3. The van der Waals surface area contributed by atoms with Crippen LogP contribution in [0.3, 0.4) is 0 Å². The van der Waals surface area contributed by atoms with Crippen LogP contribution in [0.5, 0.6) is 0 Å². The lowest BCUT2D eigenvalue weighted by molar-refractivity contribution is 0.0926. The molecule has 0 radical (unpaired) electrons. The number of amides is 1. The van der Waals surface area contributed by atoms with Crippen molar-refractivity contribution >= 4 is 16.9 Å². The largest absolute Gasteiger partial charge is 0.450 e. The molecule has 3 rings (SSSR count). The fraction of sp³-hybridized carbons (Fsp3) is 0.312. The highest BCUT2D eigenvalue weighted by molar-refractivity contribution is 6.00. The van der Waals surface area contributed by atoms with Crippen LogP contribution in [0.4, 0.5) is 0 Å². The van der Waals surface area contributed by atoms with Crippen LogP contribution in [0.25, 0.3) is 11.0 Å². The van der Waals surface area contributed by atoms with Gasteiger partial charge in [-0.15, -0.1) is 10.2 Å². The number of carbonyl (C=O) groups is 1. The first kappa shape index (κ1) is 14.3. The van der Waals surface area contributed by atoms with E-state index in [0.29, 0.717) is 18.8 Å². The van der Waals surface area contributed by atoms with Crippen LogP contribution in [-0.4, -0.2) is 27.2 Å². The molecule has 0 atom stereocenters. The van der Waals surface area contributed by atoms with Gasteiger partial charge in [0, 0.05) is 24.0 Å². The maximum Gasteiger partial charge on any atom is 0.287 e. The Hall–Kier alpha value is -2.63. The van der Waals surface area contributed by atoms with Crippen molar-refractivity contribution in [1.82, 2.24) is 20.1 Å². The van der Waals surface area contributed by atoms with Crippen molar-refractivity contribution in [3.05, 3.63) is 47.2 Å². The van der Waals surface area contributed by atoms with Crippen LogP contribution in [-0.2, 0) is 6.54 Å². The maximum atomic E-state index is 12.3. The minimum absolute atomic E-state index is 0.194. The Morgan fingerprint density at radius 2 is 1.86 bits per heavy atom. The first-order valence-electron chi connectivity index (χ1n) is 7.18. The lowest BCUT2D eigenvalue weighted by atomic mass is 10.0. The molecule has 0 fully saturated rings. The summed E-state index contributed by atoms with van der Waals surface area (Å²) >= 11 is 0. The van der Waals surface area contributed by atoms with E-state index in [4.69, 9.17) is 4.42 Å². The van der Waals surface area contributed by atoms with Gasteiger partial charge in [0.1, 0.15) is 18.2 Å².